The van der Waals surface area contributed by atoms with Gasteiger partial charge in [-0.25, -0.2) is 8.42 Å². The molecule has 0 aromatic rings. The van der Waals surface area contributed by atoms with Gasteiger partial charge in [0.05, 0.1) is 30.1 Å². The van der Waals surface area contributed by atoms with Crippen molar-refractivity contribution in [3.05, 3.63) is 0 Å². The molecule has 1 fully saturated rings. The lowest BCUT2D eigenvalue weighted by atomic mass is 10.3. The van der Waals surface area contributed by atoms with Gasteiger partial charge in [-0.3, -0.25) is 9.69 Å². The number of carboxylic acid groups (broad SMARTS) is 1. The van der Waals surface area contributed by atoms with Crippen LogP contribution >= 0.6 is 0 Å². The van der Waals surface area contributed by atoms with E-state index in [1.165, 1.54) is 6.92 Å². The second-order valence-electron chi connectivity index (χ2n) is 4.62. The minimum absolute atomic E-state index is 0.0993. The second kappa shape index (κ2) is 6.49. The van der Waals surface area contributed by atoms with Gasteiger partial charge >= 0.3 is 5.97 Å². The normalized spacial score (nSPS) is 23.8. The summed E-state index contributed by atoms with van der Waals surface area (Å²) in [5.41, 5.74) is 0. The molecule has 0 saturated carbocycles. The summed E-state index contributed by atoms with van der Waals surface area (Å²) in [5, 5.41) is 7.76. The Bertz CT molecular complexity index is 381. The summed E-state index contributed by atoms with van der Waals surface area (Å²) in [4.78, 5) is 12.7. The predicted molar refractivity (Wildman–Crippen MR) is 67.4 cm³/mol. The number of morpholine rings is 1. The van der Waals surface area contributed by atoms with Crippen molar-refractivity contribution in [2.45, 2.75) is 31.6 Å². The highest BCUT2D eigenvalue weighted by Gasteiger charge is 2.30. The molecule has 0 bridgehead atoms. The molecule has 0 aromatic heterocycles. The first-order valence-corrected chi connectivity index (χ1v) is 7.84. The van der Waals surface area contributed by atoms with Crippen molar-refractivity contribution in [3.63, 3.8) is 0 Å². The Morgan fingerprint density at radius 2 is 2.22 bits per heavy atom. The zero-order chi connectivity index (χ0) is 13.8. The lowest BCUT2D eigenvalue weighted by Crippen LogP contribution is -2.46. The van der Waals surface area contributed by atoms with Gasteiger partial charge in [-0.05, 0) is 13.5 Å². The van der Waals surface area contributed by atoms with Crippen molar-refractivity contribution in [2.75, 3.05) is 32.0 Å². The van der Waals surface area contributed by atoms with Gasteiger partial charge in [-0.2, -0.15) is 0 Å². The molecule has 2 unspecified atom stereocenters. The van der Waals surface area contributed by atoms with Crippen LogP contribution < -0.4 is 0 Å². The van der Waals surface area contributed by atoms with Gasteiger partial charge in [-0.1, -0.05) is 6.92 Å². The molecule has 2 atom stereocenters. The molecule has 1 saturated heterocycles. The molecule has 0 aromatic carbocycles. The first kappa shape index (κ1) is 15.4. The first-order valence-electron chi connectivity index (χ1n) is 6.12. The maximum atomic E-state index is 12.0. The van der Waals surface area contributed by atoms with Crippen LogP contribution in [-0.2, 0) is 19.4 Å². The number of ether oxygens (including phenoxy) is 1. The van der Waals surface area contributed by atoms with Gasteiger partial charge in [-0.15, -0.1) is 0 Å². The Morgan fingerprint density at radius 3 is 2.78 bits per heavy atom. The molecule has 7 heteroatoms. The third-order valence-electron chi connectivity index (χ3n) is 3.16. The van der Waals surface area contributed by atoms with E-state index in [0.29, 0.717) is 13.2 Å². The number of carboxylic acids is 1. The first-order chi connectivity index (χ1) is 8.35. The quantitative estimate of drug-likeness (QED) is 0.736. The van der Waals surface area contributed by atoms with Gasteiger partial charge in [0, 0.05) is 13.1 Å². The molecule has 1 aliphatic heterocycles. The number of sulfone groups is 1. The summed E-state index contributed by atoms with van der Waals surface area (Å²) >= 11 is 0. The Hall–Kier alpha value is -0.660. The Labute approximate surface area is 108 Å². The molecule has 1 N–H and O–H groups in total. The number of hydrogen-bond donors (Lipinski definition) is 1. The number of hydrogen-bond acceptors (Lipinski definition) is 5. The number of aliphatic carboxylic acids is 1. The van der Waals surface area contributed by atoms with Gasteiger partial charge < -0.3 is 9.84 Å². The predicted octanol–water partition coefficient (Wildman–Crippen LogP) is -0.0149. The third kappa shape index (κ3) is 4.55. The van der Waals surface area contributed by atoms with Crippen molar-refractivity contribution < 1.29 is 23.1 Å². The molecule has 0 amide bonds. The van der Waals surface area contributed by atoms with Crippen LogP contribution in [0.4, 0.5) is 0 Å². The number of carbonyl (C=O) groups is 1. The lowest BCUT2D eigenvalue weighted by molar-refractivity contribution is -0.136. The van der Waals surface area contributed by atoms with E-state index in [-0.39, 0.29) is 18.3 Å². The maximum Gasteiger partial charge on any atom is 0.304 e. The Kier molecular flexibility index (Phi) is 5.55. The molecule has 18 heavy (non-hydrogen) atoms. The Balaban J connectivity index is 2.56. The summed E-state index contributed by atoms with van der Waals surface area (Å²) in [6, 6.07) is 0. The van der Waals surface area contributed by atoms with E-state index in [9.17, 15) is 13.2 Å². The molecule has 0 aliphatic carbocycles. The van der Waals surface area contributed by atoms with Crippen LogP contribution in [-0.4, -0.2) is 67.7 Å². The fraction of sp³-hybridized carbons (Fsp3) is 0.909. The highest BCUT2D eigenvalue weighted by Crippen LogP contribution is 2.13. The maximum absolute atomic E-state index is 12.0. The smallest absolute Gasteiger partial charge is 0.304 e. The van der Waals surface area contributed by atoms with Crippen molar-refractivity contribution in [3.8, 4) is 0 Å². The fourth-order valence-corrected chi connectivity index (χ4v) is 3.41. The zero-order valence-corrected chi connectivity index (χ0v) is 11.6. The van der Waals surface area contributed by atoms with Crippen molar-refractivity contribution in [1.82, 2.24) is 4.90 Å². The topological polar surface area (TPSA) is 83.9 Å². The molecular formula is C11H21NO5S. The summed E-state index contributed by atoms with van der Waals surface area (Å²) in [5.74, 6) is -1.19. The second-order valence-corrected chi connectivity index (χ2v) is 7.09. The number of rotatable bonds is 6. The largest absolute Gasteiger partial charge is 0.481 e. The van der Waals surface area contributed by atoms with Crippen molar-refractivity contribution >= 4 is 15.8 Å². The summed E-state index contributed by atoms with van der Waals surface area (Å²) in [6.45, 7) is 6.26. The average molecular weight is 279 g/mol. The van der Waals surface area contributed by atoms with Gasteiger partial charge in [0.1, 0.15) is 0 Å². The van der Waals surface area contributed by atoms with Crippen LogP contribution in [0.1, 0.15) is 20.3 Å². The molecule has 0 radical (unpaired) electrons. The fourth-order valence-electron chi connectivity index (χ4n) is 1.96. The minimum Gasteiger partial charge on any atom is -0.481 e. The van der Waals surface area contributed by atoms with Crippen LogP contribution in [0.5, 0.6) is 0 Å². The molecule has 106 valence electrons. The average Bonchev–Trinajstić information content (AvgIpc) is 2.27. The van der Waals surface area contributed by atoms with E-state index >= 15 is 0 Å². The standard InChI is InChI=1S/C11H21NO5S/c1-3-12-4-5-17-10(7-12)8-18(15,16)9(2)6-11(13)14/h9-10H,3-8H2,1-2H3,(H,13,14). The van der Waals surface area contributed by atoms with Gasteiger partial charge in [0.25, 0.3) is 0 Å². The third-order valence-corrected chi connectivity index (χ3v) is 5.39. The van der Waals surface area contributed by atoms with Crippen LogP contribution in [0.15, 0.2) is 0 Å². The molecule has 6 nitrogen and oxygen atoms in total. The highest BCUT2D eigenvalue weighted by molar-refractivity contribution is 7.92. The number of nitrogens with zero attached hydrogens (tertiary/aromatic N) is 1. The van der Waals surface area contributed by atoms with E-state index in [1.807, 2.05) is 6.92 Å². The Morgan fingerprint density at radius 1 is 1.56 bits per heavy atom. The van der Waals surface area contributed by atoms with E-state index in [0.717, 1.165) is 13.1 Å². The summed E-state index contributed by atoms with van der Waals surface area (Å²) in [7, 11) is -3.42. The van der Waals surface area contributed by atoms with E-state index in [2.05, 4.69) is 4.90 Å². The van der Waals surface area contributed by atoms with E-state index in [4.69, 9.17) is 9.84 Å². The monoisotopic (exact) mass is 279 g/mol. The van der Waals surface area contributed by atoms with Crippen molar-refractivity contribution in [2.24, 2.45) is 0 Å². The number of likely N-dealkylation sites (N-methyl/N-ethyl adjacent to an activating group) is 1. The van der Waals surface area contributed by atoms with Crippen molar-refractivity contribution in [1.29, 1.82) is 0 Å². The highest BCUT2D eigenvalue weighted by atomic mass is 32.2. The molecular weight excluding hydrogens is 258 g/mol. The van der Waals surface area contributed by atoms with E-state index < -0.39 is 21.1 Å². The molecule has 1 heterocycles. The molecule has 1 aliphatic rings. The SMILES string of the molecule is CCN1CCOC(CS(=O)(=O)C(C)CC(=O)O)C1. The molecule has 0 spiro atoms. The van der Waals surface area contributed by atoms with Gasteiger partial charge in [0.15, 0.2) is 9.84 Å². The molecule has 1 rings (SSSR count). The van der Waals surface area contributed by atoms with Crippen LogP contribution in [0.2, 0.25) is 0 Å². The zero-order valence-electron chi connectivity index (χ0n) is 10.8. The summed E-state index contributed by atoms with van der Waals surface area (Å²) < 4.78 is 29.4. The van der Waals surface area contributed by atoms with Crippen LogP contribution in [0, 0.1) is 0 Å². The van der Waals surface area contributed by atoms with Crippen LogP contribution in [0.3, 0.4) is 0 Å². The summed E-state index contributed by atoms with van der Waals surface area (Å²) in [6.07, 6.45) is -0.702. The van der Waals surface area contributed by atoms with Crippen LogP contribution in [0.25, 0.3) is 0 Å². The van der Waals surface area contributed by atoms with E-state index in [1.54, 1.807) is 0 Å². The van der Waals surface area contributed by atoms with Gasteiger partial charge in [0.2, 0.25) is 0 Å². The lowest BCUT2D eigenvalue weighted by Gasteiger charge is -2.32. The minimum atomic E-state index is -3.42.